The summed E-state index contributed by atoms with van der Waals surface area (Å²) in [7, 11) is 0. The zero-order valence-corrected chi connectivity index (χ0v) is 9.85. The fraction of sp³-hybridized carbons (Fsp3) is 0.100. The average Bonchev–Trinajstić information content (AvgIpc) is 2.12. The molecule has 4 heteroatoms. The number of nitrogens with two attached hydrogens (primary N) is 1. The number of rotatable bonds is 0. The number of hydrogen-bond donors (Lipinski definition) is 1. The SMILES string of the molecule is Cc1cc(Cl)cc2c(N)c(Br)cnc12. The Morgan fingerprint density at radius 3 is 2.86 bits per heavy atom. The molecule has 0 aliphatic rings. The molecule has 0 amide bonds. The van der Waals surface area contributed by atoms with Crippen molar-refractivity contribution in [3.63, 3.8) is 0 Å². The molecule has 14 heavy (non-hydrogen) atoms. The minimum Gasteiger partial charge on any atom is -0.397 e. The number of benzene rings is 1. The highest BCUT2D eigenvalue weighted by Gasteiger charge is 2.06. The smallest absolute Gasteiger partial charge is 0.0753 e. The van der Waals surface area contributed by atoms with Crippen LogP contribution in [0.5, 0.6) is 0 Å². The molecule has 0 radical (unpaired) electrons. The van der Waals surface area contributed by atoms with Crippen LogP contribution in [0, 0.1) is 6.92 Å². The molecule has 0 aliphatic carbocycles. The van der Waals surface area contributed by atoms with E-state index in [1.54, 1.807) is 6.20 Å². The Bertz CT molecular complexity index is 511. The van der Waals surface area contributed by atoms with E-state index in [-0.39, 0.29) is 0 Å². The molecule has 0 saturated heterocycles. The van der Waals surface area contributed by atoms with Crippen molar-refractivity contribution in [3.8, 4) is 0 Å². The van der Waals surface area contributed by atoms with E-state index in [1.807, 2.05) is 19.1 Å². The summed E-state index contributed by atoms with van der Waals surface area (Å²) < 4.78 is 0.798. The van der Waals surface area contributed by atoms with Gasteiger partial charge in [-0.2, -0.15) is 0 Å². The molecular formula is C10H8BrClN2. The summed E-state index contributed by atoms with van der Waals surface area (Å²) in [5.41, 5.74) is 8.52. The van der Waals surface area contributed by atoms with Crippen LogP contribution in [0.2, 0.25) is 5.02 Å². The molecule has 2 rings (SSSR count). The first kappa shape index (κ1) is 9.74. The molecule has 0 fully saturated rings. The Labute approximate surface area is 95.2 Å². The third-order valence-corrected chi connectivity index (χ3v) is 2.97. The van der Waals surface area contributed by atoms with Gasteiger partial charge in [0.1, 0.15) is 0 Å². The first-order valence-electron chi connectivity index (χ1n) is 4.09. The predicted octanol–water partition coefficient (Wildman–Crippen LogP) is 3.54. The van der Waals surface area contributed by atoms with Gasteiger partial charge in [-0.05, 0) is 40.5 Å². The number of nitrogens with zero attached hydrogens (tertiary/aromatic N) is 1. The third-order valence-electron chi connectivity index (χ3n) is 2.12. The fourth-order valence-electron chi connectivity index (χ4n) is 1.43. The van der Waals surface area contributed by atoms with E-state index in [1.165, 1.54) is 0 Å². The topological polar surface area (TPSA) is 38.9 Å². The first-order chi connectivity index (χ1) is 6.59. The second-order valence-electron chi connectivity index (χ2n) is 3.14. The van der Waals surface area contributed by atoms with Crippen molar-refractivity contribution in [2.45, 2.75) is 6.92 Å². The molecule has 0 atom stereocenters. The lowest BCUT2D eigenvalue weighted by Gasteiger charge is -2.06. The summed E-state index contributed by atoms with van der Waals surface area (Å²) in [5.74, 6) is 0. The lowest BCUT2D eigenvalue weighted by molar-refractivity contribution is 1.35. The number of aromatic nitrogens is 1. The summed E-state index contributed by atoms with van der Waals surface area (Å²) in [6, 6.07) is 3.71. The number of anilines is 1. The number of aryl methyl sites for hydroxylation is 1. The number of nitrogen functional groups attached to an aromatic ring is 1. The van der Waals surface area contributed by atoms with Gasteiger partial charge in [0.2, 0.25) is 0 Å². The van der Waals surface area contributed by atoms with Gasteiger partial charge in [0.25, 0.3) is 0 Å². The van der Waals surface area contributed by atoms with Gasteiger partial charge >= 0.3 is 0 Å². The van der Waals surface area contributed by atoms with Gasteiger partial charge in [-0.1, -0.05) is 11.6 Å². The van der Waals surface area contributed by atoms with Crippen LogP contribution in [0.4, 0.5) is 5.69 Å². The van der Waals surface area contributed by atoms with E-state index in [0.29, 0.717) is 10.7 Å². The standard InChI is InChI=1S/C10H8BrClN2/c1-5-2-6(12)3-7-9(13)8(11)4-14-10(5)7/h2-4H,1H3,(H2,13,14). The second kappa shape index (κ2) is 3.41. The van der Waals surface area contributed by atoms with Crippen LogP contribution >= 0.6 is 27.5 Å². The first-order valence-corrected chi connectivity index (χ1v) is 5.26. The largest absolute Gasteiger partial charge is 0.397 e. The molecule has 2 aromatic rings. The van der Waals surface area contributed by atoms with Gasteiger partial charge in [0, 0.05) is 16.6 Å². The molecule has 1 aromatic carbocycles. The quantitative estimate of drug-likeness (QED) is 0.796. The average molecular weight is 272 g/mol. The van der Waals surface area contributed by atoms with Crippen LogP contribution in [0.3, 0.4) is 0 Å². The van der Waals surface area contributed by atoms with Crippen molar-refractivity contribution in [1.29, 1.82) is 0 Å². The van der Waals surface area contributed by atoms with Gasteiger partial charge in [0.15, 0.2) is 0 Å². The maximum absolute atomic E-state index is 5.95. The maximum Gasteiger partial charge on any atom is 0.0753 e. The summed E-state index contributed by atoms with van der Waals surface area (Å²) in [6.07, 6.45) is 1.71. The van der Waals surface area contributed by atoms with Gasteiger partial charge < -0.3 is 5.73 Å². The van der Waals surface area contributed by atoms with Crippen LogP contribution < -0.4 is 5.73 Å². The van der Waals surface area contributed by atoms with E-state index in [2.05, 4.69) is 20.9 Å². The zero-order chi connectivity index (χ0) is 10.3. The van der Waals surface area contributed by atoms with Gasteiger partial charge in [-0.15, -0.1) is 0 Å². The Kier molecular flexibility index (Phi) is 2.37. The van der Waals surface area contributed by atoms with E-state index in [4.69, 9.17) is 17.3 Å². The van der Waals surface area contributed by atoms with Crippen molar-refractivity contribution in [2.24, 2.45) is 0 Å². The molecule has 0 spiro atoms. The number of halogens is 2. The minimum absolute atomic E-state index is 0.681. The molecule has 1 aromatic heterocycles. The lowest BCUT2D eigenvalue weighted by atomic mass is 10.1. The minimum atomic E-state index is 0.681. The molecule has 2 nitrogen and oxygen atoms in total. The third kappa shape index (κ3) is 1.47. The highest BCUT2D eigenvalue weighted by molar-refractivity contribution is 9.10. The molecular weight excluding hydrogens is 263 g/mol. The summed E-state index contributed by atoms with van der Waals surface area (Å²) in [4.78, 5) is 4.30. The van der Waals surface area contributed by atoms with E-state index >= 15 is 0 Å². The van der Waals surface area contributed by atoms with E-state index < -0.39 is 0 Å². The Morgan fingerprint density at radius 2 is 2.14 bits per heavy atom. The zero-order valence-electron chi connectivity index (χ0n) is 7.51. The Morgan fingerprint density at radius 1 is 1.43 bits per heavy atom. The molecule has 0 saturated carbocycles. The highest BCUT2D eigenvalue weighted by atomic mass is 79.9. The molecule has 1 heterocycles. The van der Waals surface area contributed by atoms with Crippen molar-refractivity contribution in [2.75, 3.05) is 5.73 Å². The number of pyridine rings is 1. The van der Waals surface area contributed by atoms with E-state index in [0.717, 1.165) is 20.9 Å². The molecule has 72 valence electrons. The van der Waals surface area contributed by atoms with Gasteiger partial charge in [0.05, 0.1) is 15.7 Å². The van der Waals surface area contributed by atoms with Crippen LogP contribution in [0.1, 0.15) is 5.56 Å². The maximum atomic E-state index is 5.95. The number of hydrogen-bond acceptors (Lipinski definition) is 2. The fourth-order valence-corrected chi connectivity index (χ4v) is 2.02. The van der Waals surface area contributed by atoms with Crippen molar-refractivity contribution >= 4 is 44.1 Å². The summed E-state index contributed by atoms with van der Waals surface area (Å²) in [6.45, 7) is 1.97. The van der Waals surface area contributed by atoms with Gasteiger partial charge in [-0.25, -0.2) is 0 Å². The molecule has 0 aliphatic heterocycles. The Hall–Kier alpha value is -0.800. The monoisotopic (exact) mass is 270 g/mol. The molecule has 0 bridgehead atoms. The van der Waals surface area contributed by atoms with Crippen LogP contribution in [0.25, 0.3) is 10.9 Å². The normalized spacial score (nSPS) is 10.8. The Balaban J connectivity index is 2.95. The van der Waals surface area contributed by atoms with Crippen molar-refractivity contribution < 1.29 is 0 Å². The van der Waals surface area contributed by atoms with Crippen molar-refractivity contribution in [3.05, 3.63) is 33.4 Å². The van der Waals surface area contributed by atoms with Crippen LogP contribution in [-0.2, 0) is 0 Å². The molecule has 2 N–H and O–H groups in total. The van der Waals surface area contributed by atoms with Crippen LogP contribution in [0.15, 0.2) is 22.8 Å². The highest BCUT2D eigenvalue weighted by Crippen LogP contribution is 2.30. The summed E-state index contributed by atoms with van der Waals surface area (Å²) >= 11 is 9.28. The second-order valence-corrected chi connectivity index (χ2v) is 4.43. The van der Waals surface area contributed by atoms with Crippen LogP contribution in [-0.4, -0.2) is 4.98 Å². The lowest BCUT2D eigenvalue weighted by Crippen LogP contribution is -1.92. The van der Waals surface area contributed by atoms with Crippen molar-refractivity contribution in [1.82, 2.24) is 4.98 Å². The predicted molar refractivity (Wildman–Crippen MR) is 63.6 cm³/mol. The summed E-state index contributed by atoms with van der Waals surface area (Å²) in [5, 5.41) is 1.57. The number of fused-ring (bicyclic) bond motifs is 1. The van der Waals surface area contributed by atoms with E-state index in [9.17, 15) is 0 Å². The van der Waals surface area contributed by atoms with Gasteiger partial charge in [-0.3, -0.25) is 4.98 Å². The molecule has 0 unspecified atom stereocenters.